The summed E-state index contributed by atoms with van der Waals surface area (Å²) in [4.78, 5) is 12.9. The molecule has 0 aliphatic carbocycles. The predicted octanol–water partition coefficient (Wildman–Crippen LogP) is 2.98. The van der Waals surface area contributed by atoms with Gasteiger partial charge in [0.15, 0.2) is 5.69 Å². The van der Waals surface area contributed by atoms with Crippen molar-refractivity contribution < 1.29 is 14.2 Å². The summed E-state index contributed by atoms with van der Waals surface area (Å²) in [6.07, 6.45) is 1.38. The molecule has 0 aliphatic heterocycles. The van der Waals surface area contributed by atoms with Gasteiger partial charge in [0.25, 0.3) is 5.91 Å². The predicted molar refractivity (Wildman–Crippen MR) is 117 cm³/mol. The van der Waals surface area contributed by atoms with Crippen LogP contribution in [0.25, 0.3) is 17.1 Å². The van der Waals surface area contributed by atoms with Crippen LogP contribution in [-0.4, -0.2) is 44.5 Å². The molecule has 0 fully saturated rings. The lowest BCUT2D eigenvalue weighted by Crippen LogP contribution is -2.19. The molecule has 3 N–H and O–H groups in total. The number of methoxy groups -OCH3 is 1. The highest BCUT2D eigenvalue weighted by atomic mass is 35.5. The number of halogens is 2. The first-order valence-electron chi connectivity index (χ1n) is 8.95. The molecule has 32 heavy (non-hydrogen) atoms. The summed E-state index contributed by atoms with van der Waals surface area (Å²) in [7, 11) is 1.53. The Kier molecular flexibility index (Phi) is 6.01. The van der Waals surface area contributed by atoms with E-state index in [1.165, 1.54) is 18.0 Å². The summed E-state index contributed by atoms with van der Waals surface area (Å²) in [5, 5.41) is 20.1. The molecule has 13 heteroatoms. The molecule has 0 spiro atoms. The standard InChI is InChI=1S/C19H14Cl2N8O3/c1-31-13-4-2-3-10(7-13)16-15(24-28-29(16)18-17(22)26-32-27-18)19(30)25-23-9-11-5-6-12(20)8-14(11)21/h2-9H,1H3,(H2,22,26)(H,25,30)/b23-9+. The second-order valence-corrected chi connectivity index (χ2v) is 7.11. The van der Waals surface area contributed by atoms with Gasteiger partial charge >= 0.3 is 0 Å². The van der Waals surface area contributed by atoms with Crippen molar-refractivity contribution in [2.24, 2.45) is 5.10 Å². The van der Waals surface area contributed by atoms with Gasteiger partial charge in [-0.25, -0.2) is 10.1 Å². The van der Waals surface area contributed by atoms with Crippen molar-refractivity contribution in [2.75, 3.05) is 12.8 Å². The van der Waals surface area contributed by atoms with Crippen LogP contribution in [0.1, 0.15) is 16.1 Å². The van der Waals surface area contributed by atoms with Crippen molar-refractivity contribution in [3.63, 3.8) is 0 Å². The number of nitrogens with one attached hydrogen (secondary N) is 1. The Bertz CT molecular complexity index is 1320. The number of amides is 1. The Morgan fingerprint density at radius 2 is 2.09 bits per heavy atom. The lowest BCUT2D eigenvalue weighted by molar-refractivity contribution is 0.0950. The van der Waals surface area contributed by atoms with Crippen LogP contribution in [0, 0.1) is 0 Å². The van der Waals surface area contributed by atoms with Crippen molar-refractivity contribution in [3.05, 3.63) is 63.8 Å². The Hall–Kier alpha value is -3.96. The van der Waals surface area contributed by atoms with E-state index in [1.54, 1.807) is 42.5 Å². The Balaban J connectivity index is 1.70. The van der Waals surface area contributed by atoms with Crippen molar-refractivity contribution in [3.8, 4) is 22.8 Å². The molecule has 0 radical (unpaired) electrons. The molecule has 0 atom stereocenters. The maximum atomic E-state index is 12.9. The molecule has 11 nitrogen and oxygen atoms in total. The average Bonchev–Trinajstić information content (AvgIpc) is 3.41. The van der Waals surface area contributed by atoms with Gasteiger partial charge in [-0.1, -0.05) is 46.6 Å². The quantitative estimate of drug-likeness (QED) is 0.321. The first-order valence-corrected chi connectivity index (χ1v) is 9.70. The van der Waals surface area contributed by atoms with Crippen molar-refractivity contribution in [1.82, 2.24) is 30.7 Å². The zero-order valence-corrected chi connectivity index (χ0v) is 17.9. The van der Waals surface area contributed by atoms with Crippen LogP contribution in [0.15, 0.2) is 52.2 Å². The zero-order valence-electron chi connectivity index (χ0n) is 16.4. The van der Waals surface area contributed by atoms with Gasteiger partial charge in [0, 0.05) is 16.1 Å². The monoisotopic (exact) mass is 472 g/mol. The van der Waals surface area contributed by atoms with Crippen LogP contribution in [-0.2, 0) is 0 Å². The maximum Gasteiger partial charge on any atom is 0.294 e. The Labute approximate surface area is 190 Å². The molecule has 2 heterocycles. The molecule has 0 aliphatic rings. The summed E-state index contributed by atoms with van der Waals surface area (Å²) < 4.78 is 11.2. The van der Waals surface area contributed by atoms with E-state index in [9.17, 15) is 4.79 Å². The van der Waals surface area contributed by atoms with Crippen LogP contribution in [0.2, 0.25) is 10.0 Å². The van der Waals surface area contributed by atoms with E-state index in [4.69, 9.17) is 33.7 Å². The van der Waals surface area contributed by atoms with Gasteiger partial charge in [-0.15, -0.1) is 5.10 Å². The largest absolute Gasteiger partial charge is 0.497 e. The summed E-state index contributed by atoms with van der Waals surface area (Å²) in [6, 6.07) is 11.8. The number of ether oxygens (including phenoxy) is 1. The van der Waals surface area contributed by atoms with Crippen molar-refractivity contribution in [2.45, 2.75) is 0 Å². The molecule has 2 aromatic carbocycles. The number of hydrogen-bond donors (Lipinski definition) is 2. The van der Waals surface area contributed by atoms with E-state index >= 15 is 0 Å². The fourth-order valence-electron chi connectivity index (χ4n) is 2.77. The molecule has 2 aromatic heterocycles. The van der Waals surface area contributed by atoms with E-state index in [0.717, 1.165) is 0 Å². The van der Waals surface area contributed by atoms with Crippen molar-refractivity contribution >= 4 is 41.1 Å². The van der Waals surface area contributed by atoms with Gasteiger partial charge in [-0.05, 0) is 34.6 Å². The van der Waals surface area contributed by atoms with Gasteiger partial charge in [0.05, 0.1) is 18.3 Å². The Morgan fingerprint density at radius 1 is 1.25 bits per heavy atom. The van der Waals surface area contributed by atoms with E-state index in [0.29, 0.717) is 26.9 Å². The fraction of sp³-hybridized carbons (Fsp3) is 0.0526. The molecule has 0 unspecified atom stereocenters. The molecule has 0 saturated carbocycles. The maximum absolute atomic E-state index is 12.9. The topological polar surface area (TPSA) is 146 Å². The lowest BCUT2D eigenvalue weighted by atomic mass is 10.1. The number of aromatic nitrogens is 5. The van der Waals surface area contributed by atoms with Crippen LogP contribution in [0.4, 0.5) is 5.82 Å². The molecule has 0 bridgehead atoms. The third-order valence-electron chi connectivity index (χ3n) is 4.26. The molecular weight excluding hydrogens is 459 g/mol. The number of benzene rings is 2. The van der Waals surface area contributed by atoms with E-state index in [1.807, 2.05) is 0 Å². The number of hydrazone groups is 1. The first-order chi connectivity index (χ1) is 15.5. The van der Waals surface area contributed by atoms with Gasteiger partial charge in [-0.2, -0.15) is 9.78 Å². The summed E-state index contributed by atoms with van der Waals surface area (Å²) >= 11 is 12.0. The highest BCUT2D eigenvalue weighted by Gasteiger charge is 2.25. The SMILES string of the molecule is COc1cccc(-c2c(C(=O)N/N=C/c3ccc(Cl)cc3Cl)nnn2-c2nonc2N)c1. The minimum absolute atomic E-state index is 0.0265. The third-order valence-corrected chi connectivity index (χ3v) is 4.82. The third kappa shape index (κ3) is 4.24. The molecule has 4 aromatic rings. The van der Waals surface area contributed by atoms with Gasteiger partial charge in [0.2, 0.25) is 11.6 Å². The van der Waals surface area contributed by atoms with Crippen molar-refractivity contribution in [1.29, 1.82) is 0 Å². The second kappa shape index (κ2) is 9.04. The van der Waals surface area contributed by atoms with Crippen LogP contribution in [0.5, 0.6) is 5.75 Å². The number of nitrogens with zero attached hydrogens (tertiary/aromatic N) is 6. The van der Waals surface area contributed by atoms with Gasteiger partial charge < -0.3 is 10.5 Å². The molecule has 0 saturated heterocycles. The fourth-order valence-corrected chi connectivity index (χ4v) is 3.23. The average molecular weight is 473 g/mol. The number of carbonyl (C=O) groups is 1. The van der Waals surface area contributed by atoms with E-state index in [2.05, 4.69) is 35.8 Å². The number of hydrogen-bond acceptors (Lipinski definition) is 9. The molecular formula is C19H14Cl2N8O3. The number of rotatable bonds is 6. The van der Waals surface area contributed by atoms with Gasteiger partial charge in [0.1, 0.15) is 11.4 Å². The zero-order chi connectivity index (χ0) is 22.7. The molecule has 4 rings (SSSR count). The molecule has 162 valence electrons. The number of carbonyl (C=O) groups excluding carboxylic acids is 1. The summed E-state index contributed by atoms with van der Waals surface area (Å²) in [5.41, 5.74) is 9.57. The minimum Gasteiger partial charge on any atom is -0.497 e. The first kappa shape index (κ1) is 21.3. The van der Waals surface area contributed by atoms with Crippen LogP contribution >= 0.6 is 23.2 Å². The highest BCUT2D eigenvalue weighted by Crippen LogP contribution is 2.29. The smallest absolute Gasteiger partial charge is 0.294 e. The summed E-state index contributed by atoms with van der Waals surface area (Å²) in [6.45, 7) is 0. The van der Waals surface area contributed by atoms with Crippen LogP contribution in [0.3, 0.4) is 0 Å². The molecule has 1 amide bonds. The normalized spacial score (nSPS) is 11.1. The highest BCUT2D eigenvalue weighted by molar-refractivity contribution is 6.36. The lowest BCUT2D eigenvalue weighted by Gasteiger charge is -2.07. The Morgan fingerprint density at radius 3 is 2.81 bits per heavy atom. The summed E-state index contributed by atoms with van der Waals surface area (Å²) in [5.74, 6) is -0.0269. The van der Waals surface area contributed by atoms with E-state index in [-0.39, 0.29) is 23.0 Å². The minimum atomic E-state index is -0.634. The van der Waals surface area contributed by atoms with Gasteiger partial charge in [-0.3, -0.25) is 4.79 Å². The van der Waals surface area contributed by atoms with E-state index < -0.39 is 5.91 Å². The second-order valence-electron chi connectivity index (χ2n) is 6.27. The number of anilines is 1. The van der Waals surface area contributed by atoms with Crippen LogP contribution < -0.4 is 15.9 Å². The number of nitrogens with two attached hydrogens (primary N) is 1. The number of nitrogen functional groups attached to an aromatic ring is 1.